The standard InChI is InChI=1S/C25H27N3O4S/c1-17-6-13-23(14-7-17)33(31,32)28(24-15-18(2)5-8-19(24)3)16-25(30)27-22-11-9-21(10-12-22)26-20(4)29/h5-15H,16H2,1-4H3,(H,26,29)(H,27,30). The Kier molecular flexibility index (Phi) is 7.18. The zero-order chi connectivity index (χ0) is 24.2. The molecular formula is C25H27N3O4S. The van der Waals surface area contributed by atoms with Gasteiger partial charge in [-0.05, 0) is 74.4 Å². The van der Waals surface area contributed by atoms with Crippen LogP contribution >= 0.6 is 0 Å². The van der Waals surface area contributed by atoms with Crippen molar-refractivity contribution in [3.05, 3.63) is 83.4 Å². The highest BCUT2D eigenvalue weighted by molar-refractivity contribution is 7.92. The predicted octanol–water partition coefficient (Wildman–Crippen LogP) is 4.40. The number of rotatable bonds is 7. The van der Waals surface area contributed by atoms with Crippen LogP contribution in [0.15, 0.2) is 71.6 Å². The minimum absolute atomic E-state index is 0.112. The summed E-state index contributed by atoms with van der Waals surface area (Å²) in [6, 6.07) is 18.6. The zero-order valence-corrected chi connectivity index (χ0v) is 19.9. The van der Waals surface area contributed by atoms with Crippen LogP contribution in [0, 0.1) is 20.8 Å². The number of benzene rings is 3. The molecule has 3 aromatic rings. The van der Waals surface area contributed by atoms with Gasteiger partial charge in [0.05, 0.1) is 10.6 Å². The second-order valence-electron chi connectivity index (χ2n) is 7.92. The first-order chi connectivity index (χ1) is 15.6. The number of carbonyl (C=O) groups excluding carboxylic acids is 2. The number of nitrogens with zero attached hydrogens (tertiary/aromatic N) is 1. The van der Waals surface area contributed by atoms with Gasteiger partial charge in [-0.3, -0.25) is 13.9 Å². The topological polar surface area (TPSA) is 95.6 Å². The van der Waals surface area contributed by atoms with Crippen LogP contribution in [0.1, 0.15) is 23.6 Å². The van der Waals surface area contributed by atoms with Crippen molar-refractivity contribution in [2.24, 2.45) is 0 Å². The Hall–Kier alpha value is -3.65. The molecule has 0 aromatic heterocycles. The Labute approximate surface area is 194 Å². The minimum Gasteiger partial charge on any atom is -0.326 e. The molecule has 33 heavy (non-hydrogen) atoms. The van der Waals surface area contributed by atoms with E-state index in [1.807, 2.05) is 32.9 Å². The normalized spacial score (nSPS) is 11.0. The lowest BCUT2D eigenvalue weighted by molar-refractivity contribution is -0.115. The van der Waals surface area contributed by atoms with Gasteiger partial charge in [-0.15, -0.1) is 0 Å². The van der Waals surface area contributed by atoms with E-state index in [9.17, 15) is 18.0 Å². The summed E-state index contributed by atoms with van der Waals surface area (Å²) in [7, 11) is -3.99. The fraction of sp³-hybridized carbons (Fsp3) is 0.200. The number of amides is 2. The SMILES string of the molecule is CC(=O)Nc1ccc(NC(=O)CN(c2cc(C)ccc2C)S(=O)(=O)c2ccc(C)cc2)cc1. The molecular weight excluding hydrogens is 438 g/mol. The van der Waals surface area contributed by atoms with Crippen molar-refractivity contribution in [2.45, 2.75) is 32.6 Å². The van der Waals surface area contributed by atoms with Gasteiger partial charge in [0.25, 0.3) is 10.0 Å². The molecule has 172 valence electrons. The highest BCUT2D eigenvalue weighted by atomic mass is 32.2. The lowest BCUT2D eigenvalue weighted by Gasteiger charge is -2.26. The van der Waals surface area contributed by atoms with Gasteiger partial charge in [0.1, 0.15) is 6.54 Å². The van der Waals surface area contributed by atoms with Gasteiger partial charge in [-0.1, -0.05) is 29.8 Å². The van der Waals surface area contributed by atoms with E-state index in [0.29, 0.717) is 17.1 Å². The van der Waals surface area contributed by atoms with E-state index in [1.165, 1.54) is 6.92 Å². The summed E-state index contributed by atoms with van der Waals surface area (Å²) in [4.78, 5) is 24.2. The average molecular weight is 466 g/mol. The summed E-state index contributed by atoms with van der Waals surface area (Å²) in [5.74, 6) is -0.684. The molecule has 3 rings (SSSR count). The lowest BCUT2D eigenvalue weighted by atomic mass is 10.1. The first-order valence-corrected chi connectivity index (χ1v) is 11.8. The third-order valence-electron chi connectivity index (χ3n) is 5.02. The van der Waals surface area contributed by atoms with Gasteiger partial charge in [-0.25, -0.2) is 8.42 Å². The Morgan fingerprint density at radius 1 is 0.788 bits per heavy atom. The van der Waals surface area contributed by atoms with Crippen LogP contribution in [0.2, 0.25) is 0 Å². The van der Waals surface area contributed by atoms with Crippen LogP contribution in [0.3, 0.4) is 0 Å². The van der Waals surface area contributed by atoms with Crippen molar-refractivity contribution >= 4 is 38.9 Å². The molecule has 0 radical (unpaired) electrons. The van der Waals surface area contributed by atoms with Crippen molar-refractivity contribution < 1.29 is 18.0 Å². The van der Waals surface area contributed by atoms with Gasteiger partial charge in [0.15, 0.2) is 0 Å². The molecule has 7 nitrogen and oxygen atoms in total. The molecule has 0 aliphatic heterocycles. The Morgan fingerprint density at radius 2 is 1.33 bits per heavy atom. The molecule has 0 bridgehead atoms. The summed E-state index contributed by atoms with van der Waals surface area (Å²) < 4.78 is 28.2. The fourth-order valence-corrected chi connectivity index (χ4v) is 4.77. The third kappa shape index (κ3) is 5.98. The largest absolute Gasteiger partial charge is 0.326 e. The molecule has 0 atom stereocenters. The van der Waals surface area contributed by atoms with Crippen LogP contribution in [0.5, 0.6) is 0 Å². The molecule has 0 fully saturated rings. The molecule has 2 amide bonds. The number of hydrogen-bond acceptors (Lipinski definition) is 4. The molecule has 0 unspecified atom stereocenters. The first-order valence-electron chi connectivity index (χ1n) is 10.4. The second kappa shape index (κ2) is 9.87. The van der Waals surface area contributed by atoms with E-state index in [1.54, 1.807) is 54.6 Å². The van der Waals surface area contributed by atoms with Crippen molar-refractivity contribution in [1.82, 2.24) is 0 Å². The Bertz CT molecular complexity index is 1270. The molecule has 0 heterocycles. The lowest BCUT2D eigenvalue weighted by Crippen LogP contribution is -2.38. The monoisotopic (exact) mass is 465 g/mol. The molecule has 8 heteroatoms. The smallest absolute Gasteiger partial charge is 0.264 e. The summed E-state index contributed by atoms with van der Waals surface area (Å²) in [6.45, 7) is 6.57. The molecule has 0 saturated carbocycles. The highest BCUT2D eigenvalue weighted by Crippen LogP contribution is 2.28. The number of sulfonamides is 1. The summed E-state index contributed by atoms with van der Waals surface area (Å²) in [5, 5.41) is 5.39. The van der Waals surface area contributed by atoms with Crippen molar-refractivity contribution in [1.29, 1.82) is 0 Å². The Balaban J connectivity index is 1.91. The van der Waals surface area contributed by atoms with Gasteiger partial charge < -0.3 is 10.6 Å². The van der Waals surface area contributed by atoms with Gasteiger partial charge >= 0.3 is 0 Å². The maximum atomic E-state index is 13.5. The fourth-order valence-electron chi connectivity index (χ4n) is 3.30. The average Bonchev–Trinajstić information content (AvgIpc) is 2.75. The van der Waals surface area contributed by atoms with E-state index in [0.717, 1.165) is 21.0 Å². The summed E-state index contributed by atoms with van der Waals surface area (Å²) in [6.07, 6.45) is 0. The third-order valence-corrected chi connectivity index (χ3v) is 6.79. The van der Waals surface area contributed by atoms with Crippen LogP contribution in [-0.4, -0.2) is 26.8 Å². The molecule has 0 aliphatic rings. The van der Waals surface area contributed by atoms with Crippen molar-refractivity contribution in [3.63, 3.8) is 0 Å². The summed E-state index contributed by atoms with van der Waals surface area (Å²) in [5.41, 5.74) is 4.10. The van der Waals surface area contributed by atoms with Gasteiger partial charge in [0.2, 0.25) is 11.8 Å². The molecule has 3 aromatic carbocycles. The minimum atomic E-state index is -3.99. The number of nitrogens with one attached hydrogen (secondary N) is 2. The van der Waals surface area contributed by atoms with E-state index in [-0.39, 0.29) is 10.8 Å². The predicted molar refractivity (Wildman–Crippen MR) is 131 cm³/mol. The van der Waals surface area contributed by atoms with E-state index in [2.05, 4.69) is 10.6 Å². The van der Waals surface area contributed by atoms with Crippen molar-refractivity contribution in [2.75, 3.05) is 21.5 Å². The molecule has 2 N–H and O–H groups in total. The maximum Gasteiger partial charge on any atom is 0.264 e. The van der Waals surface area contributed by atoms with Crippen LogP contribution in [0.25, 0.3) is 0 Å². The second-order valence-corrected chi connectivity index (χ2v) is 9.78. The van der Waals surface area contributed by atoms with E-state index >= 15 is 0 Å². The van der Waals surface area contributed by atoms with E-state index in [4.69, 9.17) is 0 Å². The van der Waals surface area contributed by atoms with Crippen LogP contribution in [-0.2, 0) is 19.6 Å². The molecule has 0 spiro atoms. The number of aryl methyl sites for hydroxylation is 3. The van der Waals surface area contributed by atoms with Crippen LogP contribution < -0.4 is 14.9 Å². The highest BCUT2D eigenvalue weighted by Gasteiger charge is 2.28. The first kappa shape index (κ1) is 24.0. The maximum absolute atomic E-state index is 13.5. The zero-order valence-electron chi connectivity index (χ0n) is 19.0. The molecule has 0 saturated heterocycles. The van der Waals surface area contributed by atoms with E-state index < -0.39 is 22.5 Å². The number of carbonyl (C=O) groups is 2. The number of anilines is 3. The quantitative estimate of drug-likeness (QED) is 0.540. The van der Waals surface area contributed by atoms with Gasteiger partial charge in [0, 0.05) is 18.3 Å². The van der Waals surface area contributed by atoms with Crippen molar-refractivity contribution in [3.8, 4) is 0 Å². The summed E-state index contributed by atoms with van der Waals surface area (Å²) >= 11 is 0. The molecule has 0 aliphatic carbocycles. The number of hydrogen-bond donors (Lipinski definition) is 2. The van der Waals surface area contributed by atoms with Gasteiger partial charge in [-0.2, -0.15) is 0 Å². The van der Waals surface area contributed by atoms with Crippen LogP contribution in [0.4, 0.5) is 17.1 Å². The Morgan fingerprint density at radius 3 is 1.91 bits per heavy atom.